The molecule has 0 unspecified atom stereocenters. The van der Waals surface area contributed by atoms with Crippen LogP contribution in [0.15, 0.2) is 72.9 Å². The summed E-state index contributed by atoms with van der Waals surface area (Å²) in [4.78, 5) is 16.0. The van der Waals surface area contributed by atoms with Crippen molar-refractivity contribution in [3.8, 4) is 17.2 Å². The molecule has 0 saturated carbocycles. The van der Waals surface area contributed by atoms with E-state index in [4.69, 9.17) is 14.2 Å². The largest absolute Gasteiger partial charge is 0.494 e. The number of unbranched alkanes of at least 4 members (excludes halogenated alkanes) is 1. The number of nitrogens with zero attached hydrogens (tertiary/aromatic N) is 2. The fraction of sp³-hybridized carbons (Fsp3) is 0.344. The van der Waals surface area contributed by atoms with Crippen LogP contribution in [0.4, 0.5) is 4.39 Å². The zero-order valence-corrected chi connectivity index (χ0v) is 22.4. The Morgan fingerprint density at radius 3 is 2.36 bits per heavy atom. The third kappa shape index (κ3) is 6.85. The lowest BCUT2D eigenvalue weighted by Crippen LogP contribution is -2.37. The van der Waals surface area contributed by atoms with Gasteiger partial charge < -0.3 is 18.8 Å². The normalized spacial score (nSPS) is 14.0. The number of ether oxygens (including phenoxy) is 3. The summed E-state index contributed by atoms with van der Waals surface area (Å²) in [6.07, 6.45) is 4.96. The molecule has 204 valence electrons. The van der Waals surface area contributed by atoms with Crippen molar-refractivity contribution in [1.29, 1.82) is 0 Å². The molecule has 39 heavy (non-hydrogen) atoms. The van der Waals surface area contributed by atoms with Gasteiger partial charge in [-0.25, -0.2) is 4.39 Å². The van der Waals surface area contributed by atoms with Crippen LogP contribution < -0.4 is 9.47 Å². The number of carbonyl (C=O) groups excluding carboxylic acids is 1. The smallest absolute Gasteiger partial charge is 0.195 e. The van der Waals surface area contributed by atoms with Gasteiger partial charge in [-0.2, -0.15) is 0 Å². The first kappa shape index (κ1) is 26.9. The van der Waals surface area contributed by atoms with Crippen LogP contribution in [0.25, 0.3) is 10.9 Å². The fourth-order valence-electron chi connectivity index (χ4n) is 4.83. The van der Waals surface area contributed by atoms with E-state index in [2.05, 4.69) is 16.4 Å². The molecule has 0 aliphatic carbocycles. The highest BCUT2D eigenvalue weighted by Gasteiger charge is 2.18. The number of aryl methyl sites for hydroxylation is 1. The Hall–Kier alpha value is -3.68. The number of aromatic nitrogens is 1. The molecule has 0 amide bonds. The van der Waals surface area contributed by atoms with Gasteiger partial charge in [0, 0.05) is 54.4 Å². The molecule has 0 N–H and O–H groups in total. The number of benzene rings is 3. The molecular weight excluding hydrogens is 495 g/mol. The molecule has 1 saturated heterocycles. The van der Waals surface area contributed by atoms with Crippen LogP contribution in [0.5, 0.6) is 17.2 Å². The number of halogens is 1. The minimum atomic E-state index is -0.317. The van der Waals surface area contributed by atoms with Gasteiger partial charge in [-0.15, -0.1) is 0 Å². The third-order valence-corrected chi connectivity index (χ3v) is 7.01. The molecule has 1 aromatic heterocycles. The first-order chi connectivity index (χ1) is 19.1. The van der Waals surface area contributed by atoms with Gasteiger partial charge in [-0.05, 0) is 79.6 Å². The maximum Gasteiger partial charge on any atom is 0.195 e. The molecule has 2 heterocycles. The maximum atomic E-state index is 13.6. The number of rotatable bonds is 12. The summed E-state index contributed by atoms with van der Waals surface area (Å²) in [5, 5.41) is 0.833. The van der Waals surface area contributed by atoms with Gasteiger partial charge >= 0.3 is 0 Å². The molecule has 0 bridgehead atoms. The summed E-state index contributed by atoms with van der Waals surface area (Å²) in [5.41, 5.74) is 2.22. The summed E-state index contributed by atoms with van der Waals surface area (Å²) >= 11 is 0. The molecule has 1 aliphatic rings. The van der Waals surface area contributed by atoms with E-state index in [0.29, 0.717) is 29.2 Å². The molecule has 5 rings (SSSR count). The second kappa shape index (κ2) is 12.9. The van der Waals surface area contributed by atoms with Crippen LogP contribution in [-0.4, -0.2) is 54.7 Å². The first-order valence-corrected chi connectivity index (χ1v) is 13.7. The Labute approximate surface area is 228 Å². The van der Waals surface area contributed by atoms with Gasteiger partial charge in [0.2, 0.25) is 0 Å². The fourth-order valence-corrected chi connectivity index (χ4v) is 4.83. The number of ketones is 1. The lowest BCUT2D eigenvalue weighted by Gasteiger charge is -2.26. The summed E-state index contributed by atoms with van der Waals surface area (Å²) in [6, 6.07) is 19.0. The van der Waals surface area contributed by atoms with E-state index in [1.54, 1.807) is 12.1 Å². The highest BCUT2D eigenvalue weighted by atomic mass is 19.1. The predicted molar refractivity (Wildman–Crippen MR) is 151 cm³/mol. The predicted octanol–water partition coefficient (Wildman–Crippen LogP) is 6.70. The number of hydrogen-bond acceptors (Lipinski definition) is 5. The summed E-state index contributed by atoms with van der Waals surface area (Å²) in [5.74, 6) is 1.52. The molecule has 1 fully saturated rings. The van der Waals surface area contributed by atoms with E-state index in [1.807, 2.05) is 48.7 Å². The van der Waals surface area contributed by atoms with Gasteiger partial charge in [-0.1, -0.05) is 13.3 Å². The summed E-state index contributed by atoms with van der Waals surface area (Å²) in [7, 11) is 0. The zero-order chi connectivity index (χ0) is 27.0. The van der Waals surface area contributed by atoms with E-state index in [0.717, 1.165) is 75.3 Å². The number of hydrogen-bond donors (Lipinski definition) is 0. The average Bonchev–Trinajstić information content (AvgIpc) is 3.33. The van der Waals surface area contributed by atoms with Crippen LogP contribution in [0.2, 0.25) is 0 Å². The van der Waals surface area contributed by atoms with E-state index in [1.165, 1.54) is 12.1 Å². The highest BCUT2D eigenvalue weighted by molar-refractivity contribution is 6.16. The van der Waals surface area contributed by atoms with Crippen molar-refractivity contribution in [1.82, 2.24) is 9.47 Å². The lowest BCUT2D eigenvalue weighted by molar-refractivity contribution is 0.0358. The van der Waals surface area contributed by atoms with Crippen LogP contribution in [0.1, 0.15) is 42.1 Å². The summed E-state index contributed by atoms with van der Waals surface area (Å²) in [6.45, 7) is 8.17. The van der Waals surface area contributed by atoms with E-state index >= 15 is 0 Å². The van der Waals surface area contributed by atoms with Crippen molar-refractivity contribution < 1.29 is 23.4 Å². The maximum absolute atomic E-state index is 13.6. The van der Waals surface area contributed by atoms with Crippen LogP contribution >= 0.6 is 0 Å². The quantitative estimate of drug-likeness (QED) is 0.151. The second-order valence-electron chi connectivity index (χ2n) is 9.83. The van der Waals surface area contributed by atoms with Crippen LogP contribution in [0, 0.1) is 5.82 Å². The third-order valence-electron chi connectivity index (χ3n) is 7.01. The monoisotopic (exact) mass is 530 g/mol. The van der Waals surface area contributed by atoms with Crippen molar-refractivity contribution in [3.63, 3.8) is 0 Å². The Balaban J connectivity index is 1.30. The molecule has 6 nitrogen and oxygen atoms in total. The highest BCUT2D eigenvalue weighted by Crippen LogP contribution is 2.31. The standard InChI is InChI=1S/C32H35FN2O4/c1-2-3-16-35-23-30(29-22-28(13-14-31(29)35)39-27-11-7-25(33)8-12-27)32(36)24-5-9-26(10-6-24)38-19-4-15-34-17-20-37-21-18-34/h5-14,22-23H,2-4,15-21H2,1H3. The van der Waals surface area contributed by atoms with Crippen molar-refractivity contribution in [3.05, 3.63) is 89.9 Å². The zero-order valence-electron chi connectivity index (χ0n) is 22.4. The Morgan fingerprint density at radius 1 is 0.897 bits per heavy atom. The Morgan fingerprint density at radius 2 is 1.62 bits per heavy atom. The Kier molecular flexibility index (Phi) is 8.91. The molecule has 3 aromatic carbocycles. The van der Waals surface area contributed by atoms with Gasteiger partial charge in [-0.3, -0.25) is 9.69 Å². The summed E-state index contributed by atoms with van der Waals surface area (Å²) < 4.78 is 32.7. The van der Waals surface area contributed by atoms with E-state index in [-0.39, 0.29) is 11.6 Å². The van der Waals surface area contributed by atoms with Crippen molar-refractivity contribution in [2.75, 3.05) is 39.5 Å². The molecule has 0 atom stereocenters. The molecule has 0 spiro atoms. The number of morpholine rings is 1. The van der Waals surface area contributed by atoms with Gasteiger partial charge in [0.1, 0.15) is 23.1 Å². The Bertz CT molecular complexity index is 1380. The van der Waals surface area contributed by atoms with Crippen LogP contribution in [0.3, 0.4) is 0 Å². The molecular formula is C32H35FN2O4. The van der Waals surface area contributed by atoms with Crippen molar-refractivity contribution in [2.24, 2.45) is 0 Å². The molecule has 4 aromatic rings. The lowest BCUT2D eigenvalue weighted by atomic mass is 10.0. The number of carbonyl (C=O) groups is 1. The van der Waals surface area contributed by atoms with Crippen molar-refractivity contribution >= 4 is 16.7 Å². The topological polar surface area (TPSA) is 52.9 Å². The van der Waals surface area contributed by atoms with E-state index < -0.39 is 0 Å². The minimum absolute atomic E-state index is 0.0481. The van der Waals surface area contributed by atoms with Gasteiger partial charge in [0.15, 0.2) is 5.78 Å². The van der Waals surface area contributed by atoms with Gasteiger partial charge in [0.25, 0.3) is 0 Å². The number of fused-ring (bicyclic) bond motifs is 1. The second-order valence-corrected chi connectivity index (χ2v) is 9.83. The molecule has 7 heteroatoms. The van der Waals surface area contributed by atoms with Crippen molar-refractivity contribution in [2.45, 2.75) is 32.7 Å². The first-order valence-electron chi connectivity index (χ1n) is 13.7. The average molecular weight is 531 g/mol. The molecule has 1 aliphatic heterocycles. The van der Waals surface area contributed by atoms with Gasteiger partial charge in [0.05, 0.1) is 19.8 Å². The van der Waals surface area contributed by atoms with E-state index in [9.17, 15) is 9.18 Å². The molecule has 0 radical (unpaired) electrons. The van der Waals surface area contributed by atoms with Crippen LogP contribution in [-0.2, 0) is 11.3 Å². The minimum Gasteiger partial charge on any atom is -0.494 e. The SMILES string of the molecule is CCCCn1cc(C(=O)c2ccc(OCCCN3CCOCC3)cc2)c2cc(Oc3ccc(F)cc3)ccc21.